The largest absolute Gasteiger partial charge is 0.469 e. The Morgan fingerprint density at radius 3 is 2.45 bits per heavy atom. The van der Waals surface area contributed by atoms with Crippen molar-refractivity contribution in [1.29, 1.82) is 0 Å². The quantitative estimate of drug-likeness (QED) is 0.530. The number of hydrogen-bond donors (Lipinski definition) is 3. The molecule has 4 saturated carbocycles. The highest BCUT2D eigenvalue weighted by atomic mass is 35.5. The fraction of sp³-hybridized carbons (Fsp3) is 0.652. The SMILES string of the molecule is COC(=O)C12CC3CC(C1)C(NC(=O)CN1CCCN(c4ccc(Cl)cc4)S1(O)O)C(C3)C2. The van der Waals surface area contributed by atoms with E-state index in [1.54, 1.807) is 28.6 Å². The Labute approximate surface area is 201 Å². The minimum absolute atomic E-state index is 0.0331. The van der Waals surface area contributed by atoms with Gasteiger partial charge in [0.25, 0.3) is 0 Å². The van der Waals surface area contributed by atoms with Crippen LogP contribution in [0.25, 0.3) is 0 Å². The predicted octanol–water partition coefficient (Wildman–Crippen LogP) is 3.92. The van der Waals surface area contributed by atoms with E-state index < -0.39 is 11.0 Å². The van der Waals surface area contributed by atoms with Crippen molar-refractivity contribution in [2.45, 2.75) is 44.6 Å². The van der Waals surface area contributed by atoms with Crippen LogP contribution in [0.3, 0.4) is 0 Å². The molecule has 1 amide bonds. The zero-order valence-corrected chi connectivity index (χ0v) is 20.4. The molecule has 4 aliphatic carbocycles. The van der Waals surface area contributed by atoms with Crippen LogP contribution in [0.2, 0.25) is 5.02 Å². The number of nitrogens with one attached hydrogen (secondary N) is 1. The number of carbonyl (C=O) groups excluding carboxylic acids is 2. The summed E-state index contributed by atoms with van der Waals surface area (Å²) in [6.45, 7) is 0.852. The average molecular weight is 498 g/mol. The van der Waals surface area contributed by atoms with Gasteiger partial charge in [0.15, 0.2) is 0 Å². The van der Waals surface area contributed by atoms with Crippen LogP contribution in [0.15, 0.2) is 24.3 Å². The molecule has 5 fully saturated rings. The zero-order valence-electron chi connectivity index (χ0n) is 18.8. The first kappa shape index (κ1) is 23.2. The van der Waals surface area contributed by atoms with E-state index in [1.165, 1.54) is 11.4 Å². The summed E-state index contributed by atoms with van der Waals surface area (Å²) in [6, 6.07) is 6.97. The molecule has 1 aromatic rings. The number of rotatable bonds is 5. The van der Waals surface area contributed by atoms with Gasteiger partial charge in [0, 0.05) is 24.2 Å². The molecule has 1 aliphatic heterocycles. The monoisotopic (exact) mass is 497 g/mol. The smallest absolute Gasteiger partial charge is 0.311 e. The molecule has 3 N–H and O–H groups in total. The summed E-state index contributed by atoms with van der Waals surface area (Å²) in [5.74, 6) is 0.767. The molecule has 5 aliphatic rings. The molecule has 0 radical (unpaired) electrons. The van der Waals surface area contributed by atoms with E-state index in [2.05, 4.69) is 5.32 Å². The lowest BCUT2D eigenvalue weighted by molar-refractivity contribution is -0.171. The Kier molecular flexibility index (Phi) is 6.06. The van der Waals surface area contributed by atoms with Crippen LogP contribution in [0, 0.1) is 23.2 Å². The van der Waals surface area contributed by atoms with Crippen LogP contribution in [-0.4, -0.2) is 58.1 Å². The highest BCUT2D eigenvalue weighted by Gasteiger charge is 2.59. The summed E-state index contributed by atoms with van der Waals surface area (Å²) in [5, 5.41) is 3.78. The molecule has 1 saturated heterocycles. The third-order valence-electron chi connectivity index (χ3n) is 8.06. The van der Waals surface area contributed by atoms with Crippen molar-refractivity contribution in [3.05, 3.63) is 29.3 Å². The number of methoxy groups -OCH3 is 1. The molecule has 0 aromatic heterocycles. The van der Waals surface area contributed by atoms with Gasteiger partial charge in [-0.15, -0.1) is 0 Å². The maximum Gasteiger partial charge on any atom is 0.311 e. The van der Waals surface area contributed by atoms with Gasteiger partial charge in [0.05, 0.1) is 24.8 Å². The van der Waals surface area contributed by atoms with Gasteiger partial charge in [-0.25, -0.2) is 0 Å². The van der Waals surface area contributed by atoms with Crippen molar-refractivity contribution in [3.63, 3.8) is 0 Å². The van der Waals surface area contributed by atoms with Gasteiger partial charge in [0.1, 0.15) is 0 Å². The Bertz CT molecular complexity index is 913. The lowest BCUT2D eigenvalue weighted by Crippen LogP contribution is -2.62. The summed E-state index contributed by atoms with van der Waals surface area (Å²) in [4.78, 5) is 25.6. The minimum atomic E-state index is -3.31. The summed E-state index contributed by atoms with van der Waals surface area (Å²) < 4.78 is 30.2. The van der Waals surface area contributed by atoms with E-state index in [1.807, 2.05) is 0 Å². The number of hydrogen-bond acceptors (Lipinski definition) is 7. The highest BCUT2D eigenvalue weighted by Crippen LogP contribution is 2.60. The lowest BCUT2D eigenvalue weighted by Gasteiger charge is -2.58. The van der Waals surface area contributed by atoms with Gasteiger partial charge < -0.3 is 10.1 Å². The second kappa shape index (κ2) is 8.61. The Hall–Kier alpha value is -1.52. The minimum Gasteiger partial charge on any atom is -0.469 e. The zero-order chi connectivity index (χ0) is 23.4. The van der Waals surface area contributed by atoms with Gasteiger partial charge >= 0.3 is 5.97 Å². The van der Waals surface area contributed by atoms with Crippen LogP contribution in [-0.2, 0) is 14.3 Å². The average Bonchev–Trinajstić information content (AvgIpc) is 2.77. The molecule has 8 nitrogen and oxygen atoms in total. The molecule has 1 aromatic carbocycles. The van der Waals surface area contributed by atoms with Gasteiger partial charge in [0.2, 0.25) is 5.91 Å². The Morgan fingerprint density at radius 2 is 1.82 bits per heavy atom. The van der Waals surface area contributed by atoms with Gasteiger partial charge in [-0.3, -0.25) is 23.0 Å². The summed E-state index contributed by atoms with van der Waals surface area (Å²) in [5.41, 5.74) is 0.284. The highest BCUT2D eigenvalue weighted by molar-refractivity contribution is 8.23. The van der Waals surface area contributed by atoms with Gasteiger partial charge in [-0.2, -0.15) is 4.31 Å². The normalized spacial score (nSPS) is 35.8. The predicted molar refractivity (Wildman–Crippen MR) is 128 cm³/mol. The van der Waals surface area contributed by atoms with Crippen LogP contribution in [0.1, 0.15) is 38.5 Å². The first-order chi connectivity index (χ1) is 15.7. The molecule has 0 spiro atoms. The first-order valence-electron chi connectivity index (χ1n) is 11.7. The van der Waals surface area contributed by atoms with Crippen molar-refractivity contribution in [2.24, 2.45) is 23.2 Å². The van der Waals surface area contributed by atoms with Crippen LogP contribution >= 0.6 is 22.6 Å². The topological polar surface area (TPSA) is 102 Å². The molecule has 33 heavy (non-hydrogen) atoms. The number of benzene rings is 1. The van der Waals surface area contributed by atoms with Crippen molar-refractivity contribution < 1.29 is 23.4 Å². The molecule has 2 atom stereocenters. The van der Waals surface area contributed by atoms with Crippen LogP contribution in [0.4, 0.5) is 5.69 Å². The molecule has 6 rings (SSSR count). The molecule has 2 unspecified atom stereocenters. The molecule has 1 heterocycles. The Morgan fingerprint density at radius 1 is 1.15 bits per heavy atom. The number of amides is 1. The second-order valence-corrected chi connectivity index (χ2v) is 12.5. The third-order valence-corrected chi connectivity index (χ3v) is 10.3. The standard InChI is InChI=1S/C23H32ClN3O5S/c1-32-22(29)23-11-15-9-16(12-23)21(17(10-15)13-23)25-20(28)14-26-7-2-8-27(33(26,30)31)19-5-3-18(24)4-6-19/h3-6,15-17,21,30-31H,2,7-14H2,1H3,(H,25,28). The summed E-state index contributed by atoms with van der Waals surface area (Å²) >= 11 is 5.97. The number of ether oxygens (including phenoxy) is 1. The van der Waals surface area contributed by atoms with Crippen molar-refractivity contribution >= 4 is 40.1 Å². The maximum atomic E-state index is 13.1. The Balaban J connectivity index is 1.25. The van der Waals surface area contributed by atoms with E-state index in [-0.39, 0.29) is 41.7 Å². The fourth-order valence-corrected chi connectivity index (χ4v) is 8.78. The van der Waals surface area contributed by atoms with E-state index in [0.29, 0.717) is 36.1 Å². The van der Waals surface area contributed by atoms with Crippen molar-refractivity contribution in [2.75, 3.05) is 31.0 Å². The molecule has 182 valence electrons. The van der Waals surface area contributed by atoms with E-state index >= 15 is 0 Å². The van der Waals surface area contributed by atoms with Crippen molar-refractivity contribution in [1.82, 2.24) is 9.62 Å². The molecular weight excluding hydrogens is 466 g/mol. The molecule has 4 bridgehead atoms. The first-order valence-corrected chi connectivity index (χ1v) is 13.5. The van der Waals surface area contributed by atoms with Gasteiger partial charge in [-0.05, 0) is 80.5 Å². The summed E-state index contributed by atoms with van der Waals surface area (Å²) in [7, 11) is -1.85. The third kappa shape index (κ3) is 4.12. The molecular formula is C23H32ClN3O5S. The van der Waals surface area contributed by atoms with Crippen molar-refractivity contribution in [3.8, 4) is 0 Å². The summed E-state index contributed by atoms with van der Waals surface area (Å²) in [6.07, 6.45) is 5.21. The van der Waals surface area contributed by atoms with E-state index in [9.17, 15) is 18.7 Å². The number of nitrogens with zero attached hydrogens (tertiary/aromatic N) is 2. The lowest BCUT2D eigenvalue weighted by atomic mass is 9.48. The molecule has 10 heteroatoms. The number of carbonyl (C=O) groups is 2. The van der Waals surface area contributed by atoms with Crippen LogP contribution in [0.5, 0.6) is 0 Å². The maximum absolute atomic E-state index is 13.1. The second-order valence-electron chi connectivity index (χ2n) is 10.1. The van der Waals surface area contributed by atoms with Crippen LogP contribution < -0.4 is 9.62 Å². The number of anilines is 1. The number of esters is 1. The van der Waals surface area contributed by atoms with E-state index in [0.717, 1.165) is 32.1 Å². The van der Waals surface area contributed by atoms with Gasteiger partial charge in [-0.1, -0.05) is 22.6 Å². The van der Waals surface area contributed by atoms with E-state index in [4.69, 9.17) is 16.3 Å². The fourth-order valence-electron chi connectivity index (χ4n) is 6.94. The number of halogens is 1.